The molecule has 3 rings (SSSR count). The lowest BCUT2D eigenvalue weighted by Gasteiger charge is -2.11. The van der Waals surface area contributed by atoms with Crippen molar-refractivity contribution in [1.82, 2.24) is 0 Å². The van der Waals surface area contributed by atoms with Gasteiger partial charge in [-0.2, -0.15) is 0 Å². The maximum Gasteiger partial charge on any atom is 0.707 e. The molecule has 2 N–H and O–H groups in total. The van der Waals surface area contributed by atoms with E-state index in [2.05, 4.69) is 0 Å². The highest BCUT2D eigenvalue weighted by molar-refractivity contribution is 6.34. The molecule has 3 nitrogen and oxygen atoms in total. The average Bonchev–Trinajstić information content (AvgIpc) is 2.38. The topological polar surface area (TPSA) is 49.7 Å². The molecule has 0 radical (unpaired) electrons. The average molecular weight is 238 g/mol. The third-order valence-corrected chi connectivity index (χ3v) is 2.96. The zero-order chi connectivity index (χ0) is 12.5. The van der Waals surface area contributed by atoms with Gasteiger partial charge >= 0.3 is 7.32 Å². The van der Waals surface area contributed by atoms with Gasteiger partial charge in [-0.15, -0.1) is 0 Å². The fourth-order valence-electron chi connectivity index (χ4n) is 2.23. The van der Waals surface area contributed by atoms with Crippen LogP contribution in [0.1, 0.15) is 0 Å². The van der Waals surface area contributed by atoms with Gasteiger partial charge in [-0.1, -0.05) is 48.5 Å². The van der Waals surface area contributed by atoms with Crippen LogP contribution in [0.3, 0.4) is 0 Å². The highest BCUT2D eigenvalue weighted by Crippen LogP contribution is 2.33. The Morgan fingerprint density at radius 1 is 0.778 bits per heavy atom. The molecule has 4 heteroatoms. The van der Waals surface area contributed by atoms with Gasteiger partial charge in [0.2, 0.25) is 0 Å². The molecule has 0 bridgehead atoms. The highest BCUT2D eigenvalue weighted by Gasteiger charge is 2.14. The van der Waals surface area contributed by atoms with E-state index in [0.717, 1.165) is 21.5 Å². The van der Waals surface area contributed by atoms with Gasteiger partial charge in [-0.25, -0.2) is 0 Å². The molecular weight excluding hydrogens is 227 g/mol. The fourth-order valence-corrected chi connectivity index (χ4v) is 2.23. The lowest BCUT2D eigenvalue weighted by molar-refractivity contribution is 0.290. The number of fused-ring (bicyclic) bond motifs is 3. The molecule has 0 amide bonds. The Balaban J connectivity index is 2.39. The van der Waals surface area contributed by atoms with Crippen LogP contribution in [0.25, 0.3) is 21.5 Å². The first-order valence-corrected chi connectivity index (χ1v) is 5.69. The molecular formula is C14H11BO3. The van der Waals surface area contributed by atoms with Gasteiger partial charge in [0.1, 0.15) is 5.75 Å². The first-order valence-electron chi connectivity index (χ1n) is 5.69. The van der Waals surface area contributed by atoms with E-state index in [1.165, 1.54) is 0 Å². The summed E-state index contributed by atoms with van der Waals surface area (Å²) in [6, 6.07) is 17.5. The van der Waals surface area contributed by atoms with Crippen molar-refractivity contribution in [2.45, 2.75) is 0 Å². The van der Waals surface area contributed by atoms with E-state index in [9.17, 15) is 0 Å². The van der Waals surface area contributed by atoms with Crippen molar-refractivity contribution < 1.29 is 14.7 Å². The summed E-state index contributed by atoms with van der Waals surface area (Å²) < 4.78 is 5.05. The van der Waals surface area contributed by atoms with Crippen LogP contribution in [0, 0.1) is 0 Å². The molecule has 0 unspecified atom stereocenters. The number of hydrogen-bond donors (Lipinski definition) is 2. The van der Waals surface area contributed by atoms with Crippen LogP contribution in [-0.4, -0.2) is 17.4 Å². The van der Waals surface area contributed by atoms with Gasteiger partial charge < -0.3 is 14.7 Å². The largest absolute Gasteiger partial charge is 0.707 e. The molecule has 0 atom stereocenters. The molecule has 3 aromatic carbocycles. The minimum absolute atomic E-state index is 0.472. The molecule has 88 valence electrons. The van der Waals surface area contributed by atoms with Crippen LogP contribution in [-0.2, 0) is 0 Å². The van der Waals surface area contributed by atoms with Crippen LogP contribution in [0.4, 0.5) is 0 Å². The molecule has 0 aliphatic carbocycles. The second-order valence-corrected chi connectivity index (χ2v) is 4.09. The minimum Gasteiger partial charge on any atom is -0.511 e. The maximum absolute atomic E-state index is 8.97. The van der Waals surface area contributed by atoms with Gasteiger partial charge in [0.15, 0.2) is 0 Å². The smallest absolute Gasteiger partial charge is 0.511 e. The highest BCUT2D eigenvalue weighted by atomic mass is 16.6. The van der Waals surface area contributed by atoms with Gasteiger partial charge in [0.05, 0.1) is 0 Å². The number of rotatable bonds is 2. The predicted octanol–water partition coefficient (Wildman–Crippen LogP) is 2.34. The summed E-state index contributed by atoms with van der Waals surface area (Å²) in [6.45, 7) is 0. The monoisotopic (exact) mass is 238 g/mol. The Morgan fingerprint density at radius 3 is 2.11 bits per heavy atom. The molecule has 3 aromatic rings. The van der Waals surface area contributed by atoms with Gasteiger partial charge in [0, 0.05) is 5.39 Å². The summed E-state index contributed by atoms with van der Waals surface area (Å²) in [5, 5.41) is 22.0. The summed E-state index contributed by atoms with van der Waals surface area (Å²) >= 11 is 0. The third kappa shape index (κ3) is 1.81. The van der Waals surface area contributed by atoms with Crippen LogP contribution in [0.15, 0.2) is 54.6 Å². The maximum atomic E-state index is 8.97. The Labute approximate surface area is 104 Å². The molecule has 0 saturated carbocycles. The van der Waals surface area contributed by atoms with E-state index in [1.807, 2.05) is 54.6 Å². The fraction of sp³-hybridized carbons (Fsp3) is 0. The summed E-state index contributed by atoms with van der Waals surface area (Å²) in [5.74, 6) is 0.472. The number of hydrogen-bond acceptors (Lipinski definition) is 3. The quantitative estimate of drug-likeness (QED) is 0.532. The van der Waals surface area contributed by atoms with Crippen molar-refractivity contribution in [3.63, 3.8) is 0 Å². The first-order chi connectivity index (χ1) is 8.75. The second kappa shape index (κ2) is 4.33. The van der Waals surface area contributed by atoms with Crippen LogP contribution in [0.5, 0.6) is 5.75 Å². The molecule has 0 heterocycles. The summed E-state index contributed by atoms with van der Waals surface area (Å²) in [4.78, 5) is 0. The van der Waals surface area contributed by atoms with E-state index in [-0.39, 0.29) is 0 Å². The summed E-state index contributed by atoms with van der Waals surface area (Å²) in [6.07, 6.45) is 0. The van der Waals surface area contributed by atoms with E-state index in [1.54, 1.807) is 0 Å². The van der Waals surface area contributed by atoms with Gasteiger partial charge in [-0.05, 0) is 22.2 Å². The molecule has 0 aliphatic rings. The predicted molar refractivity (Wildman–Crippen MR) is 72.3 cm³/mol. The van der Waals surface area contributed by atoms with Crippen molar-refractivity contribution in [1.29, 1.82) is 0 Å². The van der Waals surface area contributed by atoms with Crippen LogP contribution >= 0.6 is 0 Å². The minimum atomic E-state index is -1.81. The lowest BCUT2D eigenvalue weighted by atomic mass is 10.0. The number of benzene rings is 3. The zero-order valence-electron chi connectivity index (χ0n) is 9.58. The van der Waals surface area contributed by atoms with Crippen LogP contribution < -0.4 is 4.65 Å². The molecule has 0 spiro atoms. The lowest BCUT2D eigenvalue weighted by Crippen LogP contribution is -2.20. The zero-order valence-corrected chi connectivity index (χ0v) is 9.58. The summed E-state index contributed by atoms with van der Waals surface area (Å²) in [7, 11) is -1.81. The van der Waals surface area contributed by atoms with Crippen molar-refractivity contribution >= 4 is 28.9 Å². The van der Waals surface area contributed by atoms with Crippen molar-refractivity contribution in [2.24, 2.45) is 0 Å². The van der Waals surface area contributed by atoms with Crippen molar-refractivity contribution in [3.8, 4) is 5.75 Å². The third-order valence-electron chi connectivity index (χ3n) is 2.96. The molecule has 18 heavy (non-hydrogen) atoms. The van der Waals surface area contributed by atoms with E-state index < -0.39 is 7.32 Å². The molecule has 0 fully saturated rings. The molecule has 0 aliphatic heterocycles. The first kappa shape index (κ1) is 11.1. The SMILES string of the molecule is OB(O)Oc1cc2ccccc2c2ccccc12. The van der Waals surface area contributed by atoms with Crippen molar-refractivity contribution in [2.75, 3.05) is 0 Å². The normalized spacial score (nSPS) is 10.8. The van der Waals surface area contributed by atoms with E-state index in [0.29, 0.717) is 5.75 Å². The van der Waals surface area contributed by atoms with E-state index >= 15 is 0 Å². The van der Waals surface area contributed by atoms with Crippen molar-refractivity contribution in [3.05, 3.63) is 54.6 Å². The van der Waals surface area contributed by atoms with Gasteiger partial charge in [0.25, 0.3) is 0 Å². The second-order valence-electron chi connectivity index (χ2n) is 4.09. The Bertz CT molecular complexity index is 710. The standard InChI is InChI=1S/C14H11BO3/c16-15(17)18-14-9-10-5-1-2-6-11(10)12-7-3-4-8-13(12)14/h1-9,16-17H. The van der Waals surface area contributed by atoms with Crippen LogP contribution in [0.2, 0.25) is 0 Å². The Hall–Kier alpha value is -2.04. The Kier molecular flexibility index (Phi) is 2.66. The van der Waals surface area contributed by atoms with Gasteiger partial charge in [-0.3, -0.25) is 0 Å². The Morgan fingerprint density at radius 2 is 1.39 bits per heavy atom. The molecule has 0 aromatic heterocycles. The molecule has 0 saturated heterocycles. The van der Waals surface area contributed by atoms with E-state index in [4.69, 9.17) is 14.7 Å². The summed E-state index contributed by atoms with van der Waals surface area (Å²) in [5.41, 5.74) is 0.